The average molecular weight is 331 g/mol. The van der Waals surface area contributed by atoms with E-state index in [1.54, 1.807) is 7.11 Å². The SMILES string of the molecule is COc1ccccc1C1(C(=O)Nc2nnc(C(C)C)s2)CCC1. The van der Waals surface area contributed by atoms with Crippen molar-refractivity contribution in [2.45, 2.75) is 44.4 Å². The zero-order valence-corrected chi connectivity index (χ0v) is 14.4. The van der Waals surface area contributed by atoms with Gasteiger partial charge in [0.25, 0.3) is 0 Å². The number of nitrogens with zero attached hydrogens (tertiary/aromatic N) is 2. The summed E-state index contributed by atoms with van der Waals surface area (Å²) in [7, 11) is 1.64. The van der Waals surface area contributed by atoms with E-state index in [1.165, 1.54) is 11.3 Å². The first kappa shape index (κ1) is 15.9. The van der Waals surface area contributed by atoms with Gasteiger partial charge in [-0.15, -0.1) is 10.2 Å². The number of aromatic nitrogens is 2. The van der Waals surface area contributed by atoms with E-state index >= 15 is 0 Å². The van der Waals surface area contributed by atoms with Crippen LogP contribution in [0.25, 0.3) is 0 Å². The van der Waals surface area contributed by atoms with Gasteiger partial charge in [-0.3, -0.25) is 10.1 Å². The van der Waals surface area contributed by atoms with Crippen LogP contribution in [0.4, 0.5) is 5.13 Å². The van der Waals surface area contributed by atoms with Crippen LogP contribution in [0.5, 0.6) is 5.75 Å². The molecule has 122 valence electrons. The Bertz CT molecular complexity index is 707. The Balaban J connectivity index is 1.86. The molecule has 1 N–H and O–H groups in total. The molecule has 1 amide bonds. The van der Waals surface area contributed by atoms with Crippen LogP contribution in [-0.2, 0) is 10.2 Å². The molecule has 6 heteroatoms. The van der Waals surface area contributed by atoms with Gasteiger partial charge in [-0.2, -0.15) is 0 Å². The number of amides is 1. The minimum atomic E-state index is -0.518. The van der Waals surface area contributed by atoms with Gasteiger partial charge in [0, 0.05) is 11.5 Å². The van der Waals surface area contributed by atoms with Crippen LogP contribution < -0.4 is 10.1 Å². The molecule has 0 unspecified atom stereocenters. The number of anilines is 1. The molecule has 0 aliphatic heterocycles. The summed E-state index contributed by atoms with van der Waals surface area (Å²) in [5.41, 5.74) is 0.441. The Kier molecular flexibility index (Phi) is 4.35. The van der Waals surface area contributed by atoms with Crippen molar-refractivity contribution in [1.29, 1.82) is 0 Å². The topological polar surface area (TPSA) is 64.1 Å². The van der Waals surface area contributed by atoms with Crippen molar-refractivity contribution in [3.63, 3.8) is 0 Å². The molecular formula is C17H21N3O2S. The second-order valence-electron chi connectivity index (χ2n) is 6.19. The van der Waals surface area contributed by atoms with Crippen molar-refractivity contribution in [2.75, 3.05) is 12.4 Å². The highest BCUT2D eigenvalue weighted by Crippen LogP contribution is 2.47. The van der Waals surface area contributed by atoms with Crippen molar-refractivity contribution in [3.8, 4) is 5.75 Å². The predicted molar refractivity (Wildman–Crippen MR) is 91.2 cm³/mol. The summed E-state index contributed by atoms with van der Waals surface area (Å²) in [6.45, 7) is 4.13. The van der Waals surface area contributed by atoms with Gasteiger partial charge in [-0.1, -0.05) is 49.8 Å². The third kappa shape index (κ3) is 2.83. The summed E-state index contributed by atoms with van der Waals surface area (Å²) >= 11 is 1.44. The highest BCUT2D eigenvalue weighted by molar-refractivity contribution is 7.15. The van der Waals surface area contributed by atoms with Crippen LogP contribution >= 0.6 is 11.3 Å². The van der Waals surface area contributed by atoms with Gasteiger partial charge in [0.2, 0.25) is 11.0 Å². The third-order valence-electron chi connectivity index (χ3n) is 4.42. The first-order valence-corrected chi connectivity index (χ1v) is 8.67. The van der Waals surface area contributed by atoms with E-state index in [2.05, 4.69) is 29.4 Å². The molecule has 2 aromatic rings. The molecule has 0 spiro atoms. The van der Waals surface area contributed by atoms with Crippen LogP contribution in [0.2, 0.25) is 0 Å². The van der Waals surface area contributed by atoms with E-state index in [-0.39, 0.29) is 5.91 Å². The lowest BCUT2D eigenvalue weighted by Gasteiger charge is -2.41. The van der Waals surface area contributed by atoms with Gasteiger partial charge in [0.1, 0.15) is 10.8 Å². The molecule has 1 aliphatic carbocycles. The summed E-state index contributed by atoms with van der Waals surface area (Å²) in [6.07, 6.45) is 2.70. The van der Waals surface area contributed by atoms with E-state index in [0.29, 0.717) is 11.0 Å². The monoisotopic (exact) mass is 331 g/mol. The molecule has 0 saturated heterocycles. The molecule has 1 fully saturated rings. The molecule has 5 nitrogen and oxygen atoms in total. The molecule has 1 aliphatic rings. The largest absolute Gasteiger partial charge is 0.496 e. The lowest BCUT2D eigenvalue weighted by molar-refractivity contribution is -0.124. The first-order chi connectivity index (χ1) is 11.1. The summed E-state index contributed by atoms with van der Waals surface area (Å²) < 4.78 is 5.46. The van der Waals surface area contributed by atoms with Gasteiger partial charge >= 0.3 is 0 Å². The molecule has 0 bridgehead atoms. The smallest absolute Gasteiger partial charge is 0.236 e. The highest BCUT2D eigenvalue weighted by atomic mass is 32.1. The van der Waals surface area contributed by atoms with E-state index in [0.717, 1.165) is 35.6 Å². The lowest BCUT2D eigenvalue weighted by atomic mass is 9.63. The van der Waals surface area contributed by atoms with Crippen LogP contribution in [0.1, 0.15) is 49.6 Å². The average Bonchev–Trinajstić information content (AvgIpc) is 2.95. The fraction of sp³-hybridized carbons (Fsp3) is 0.471. The van der Waals surface area contributed by atoms with E-state index in [9.17, 15) is 4.79 Å². The minimum absolute atomic E-state index is 0.0142. The zero-order valence-electron chi connectivity index (χ0n) is 13.6. The number of rotatable bonds is 5. The number of carbonyl (C=O) groups is 1. The standard InChI is InChI=1S/C17H21N3O2S/c1-11(2)14-19-20-16(23-14)18-15(21)17(9-6-10-17)12-7-4-5-8-13(12)22-3/h4-5,7-8,11H,6,9-10H2,1-3H3,(H,18,20,21). The van der Waals surface area contributed by atoms with Crippen molar-refractivity contribution in [1.82, 2.24) is 10.2 Å². The lowest BCUT2D eigenvalue weighted by Crippen LogP contribution is -2.46. The summed E-state index contributed by atoms with van der Waals surface area (Å²) in [5, 5.41) is 12.7. The maximum absolute atomic E-state index is 12.9. The molecule has 1 aromatic heterocycles. The van der Waals surface area contributed by atoms with Crippen LogP contribution in [0.15, 0.2) is 24.3 Å². The van der Waals surface area contributed by atoms with Gasteiger partial charge in [0.15, 0.2) is 0 Å². The number of para-hydroxylation sites is 1. The molecule has 1 saturated carbocycles. The van der Waals surface area contributed by atoms with Crippen molar-refractivity contribution in [3.05, 3.63) is 34.8 Å². The van der Waals surface area contributed by atoms with E-state index in [1.807, 2.05) is 24.3 Å². The predicted octanol–water partition coefficient (Wildman–Crippen LogP) is 3.73. The first-order valence-electron chi connectivity index (χ1n) is 7.85. The fourth-order valence-electron chi connectivity index (χ4n) is 2.92. The minimum Gasteiger partial charge on any atom is -0.496 e. The zero-order chi connectivity index (χ0) is 16.4. The normalized spacial score (nSPS) is 16.0. The van der Waals surface area contributed by atoms with E-state index < -0.39 is 5.41 Å². The number of nitrogens with one attached hydrogen (secondary N) is 1. The fourth-order valence-corrected chi connectivity index (χ4v) is 3.67. The molecule has 1 heterocycles. The molecule has 23 heavy (non-hydrogen) atoms. The molecule has 0 radical (unpaired) electrons. The second-order valence-corrected chi connectivity index (χ2v) is 7.20. The summed E-state index contributed by atoms with van der Waals surface area (Å²) in [4.78, 5) is 12.9. The quantitative estimate of drug-likeness (QED) is 0.906. The van der Waals surface area contributed by atoms with Crippen LogP contribution in [0, 0.1) is 0 Å². The number of hydrogen-bond acceptors (Lipinski definition) is 5. The number of carbonyl (C=O) groups excluding carboxylic acids is 1. The highest BCUT2D eigenvalue weighted by Gasteiger charge is 2.47. The van der Waals surface area contributed by atoms with Gasteiger partial charge in [-0.25, -0.2) is 0 Å². The molecule has 3 rings (SSSR count). The summed E-state index contributed by atoms with van der Waals surface area (Å²) in [5.74, 6) is 1.06. The Morgan fingerprint density at radius 1 is 1.30 bits per heavy atom. The van der Waals surface area contributed by atoms with Gasteiger partial charge in [0.05, 0.1) is 12.5 Å². The summed E-state index contributed by atoms with van der Waals surface area (Å²) in [6, 6.07) is 7.76. The Labute approximate surface area is 140 Å². The second kappa shape index (κ2) is 6.28. The third-order valence-corrected chi connectivity index (χ3v) is 5.56. The van der Waals surface area contributed by atoms with Crippen LogP contribution in [0.3, 0.4) is 0 Å². The number of ether oxygens (including phenoxy) is 1. The maximum atomic E-state index is 12.9. The Morgan fingerprint density at radius 3 is 2.61 bits per heavy atom. The molecule has 0 atom stereocenters. The van der Waals surface area contributed by atoms with Gasteiger partial charge in [-0.05, 0) is 18.9 Å². The Morgan fingerprint density at radius 2 is 2.04 bits per heavy atom. The Hall–Kier alpha value is -1.95. The van der Waals surface area contributed by atoms with Crippen molar-refractivity contribution in [2.24, 2.45) is 0 Å². The number of benzene rings is 1. The number of hydrogen-bond donors (Lipinski definition) is 1. The van der Waals surface area contributed by atoms with E-state index in [4.69, 9.17) is 4.74 Å². The van der Waals surface area contributed by atoms with Crippen LogP contribution in [-0.4, -0.2) is 23.2 Å². The molecule has 1 aromatic carbocycles. The molecular weight excluding hydrogens is 310 g/mol. The maximum Gasteiger partial charge on any atom is 0.236 e. The van der Waals surface area contributed by atoms with Gasteiger partial charge < -0.3 is 4.74 Å². The van der Waals surface area contributed by atoms with Crippen molar-refractivity contribution < 1.29 is 9.53 Å². The number of methoxy groups -OCH3 is 1. The van der Waals surface area contributed by atoms with Crippen molar-refractivity contribution >= 4 is 22.4 Å².